The summed E-state index contributed by atoms with van der Waals surface area (Å²) < 4.78 is 2.15. The number of allylic oxidation sites excluding steroid dienone is 1. The largest absolute Gasteiger partial charge is 0.288 e. The van der Waals surface area contributed by atoms with Crippen LogP contribution in [0.15, 0.2) is 66.9 Å². The molecule has 0 aliphatic heterocycles. The van der Waals surface area contributed by atoms with Gasteiger partial charge >= 0.3 is 0 Å². The fourth-order valence-electron chi connectivity index (χ4n) is 2.08. The highest BCUT2D eigenvalue weighted by atomic mass is 127. The van der Waals surface area contributed by atoms with Crippen LogP contribution in [0.3, 0.4) is 0 Å². The number of nitrogens with zero attached hydrogens (tertiary/aromatic N) is 1. The normalized spacial score (nSPS) is 10.3. The van der Waals surface area contributed by atoms with E-state index >= 15 is 0 Å². The van der Waals surface area contributed by atoms with Crippen LogP contribution in [-0.4, -0.2) is 0 Å². The first-order valence-electron chi connectivity index (χ1n) is 6.97. The van der Waals surface area contributed by atoms with Gasteiger partial charge in [0.1, 0.15) is 0 Å². The van der Waals surface area contributed by atoms with E-state index in [0.717, 1.165) is 25.0 Å². The van der Waals surface area contributed by atoms with Crippen molar-refractivity contribution in [2.75, 3.05) is 3.11 Å². The summed E-state index contributed by atoms with van der Waals surface area (Å²) in [6.45, 7) is 6.38. The van der Waals surface area contributed by atoms with Crippen molar-refractivity contribution >= 4 is 28.6 Å². The monoisotopic (exact) mass is 377 g/mol. The van der Waals surface area contributed by atoms with Crippen molar-refractivity contribution in [3.05, 3.63) is 78.0 Å². The molecule has 0 N–H and O–H groups in total. The number of benzene rings is 2. The molecule has 0 radical (unpaired) electrons. The van der Waals surface area contributed by atoms with Gasteiger partial charge in [0.25, 0.3) is 0 Å². The van der Waals surface area contributed by atoms with Gasteiger partial charge in [0.05, 0.1) is 28.6 Å². The van der Waals surface area contributed by atoms with Crippen LogP contribution in [0.25, 0.3) is 0 Å². The van der Waals surface area contributed by atoms with Crippen LogP contribution >= 0.6 is 22.9 Å². The van der Waals surface area contributed by atoms with E-state index in [0.29, 0.717) is 0 Å². The molecule has 0 spiro atoms. The Labute approximate surface area is 135 Å². The van der Waals surface area contributed by atoms with Gasteiger partial charge in [0, 0.05) is 5.70 Å². The van der Waals surface area contributed by atoms with E-state index < -0.39 is 0 Å². The average molecular weight is 377 g/mol. The summed E-state index contributed by atoms with van der Waals surface area (Å²) in [7, 11) is 0. The smallest absolute Gasteiger partial charge is 0.0642 e. The van der Waals surface area contributed by atoms with Crippen molar-refractivity contribution in [1.82, 2.24) is 0 Å². The maximum atomic E-state index is 4.21. The molecule has 20 heavy (non-hydrogen) atoms. The van der Waals surface area contributed by atoms with E-state index in [1.54, 1.807) is 0 Å². The van der Waals surface area contributed by atoms with Gasteiger partial charge in [-0.15, -0.1) is 0 Å². The van der Waals surface area contributed by atoms with Gasteiger partial charge in [0.2, 0.25) is 0 Å². The van der Waals surface area contributed by atoms with Crippen molar-refractivity contribution in [2.24, 2.45) is 0 Å². The van der Waals surface area contributed by atoms with Gasteiger partial charge in [-0.25, -0.2) is 0 Å². The van der Waals surface area contributed by atoms with Gasteiger partial charge in [0.15, 0.2) is 0 Å². The average Bonchev–Trinajstić information content (AvgIpc) is 2.53. The van der Waals surface area contributed by atoms with E-state index in [2.05, 4.69) is 94.1 Å². The lowest BCUT2D eigenvalue weighted by molar-refractivity contribution is 0.937. The number of halogens is 1. The summed E-state index contributed by atoms with van der Waals surface area (Å²) >= 11 is 2.33. The van der Waals surface area contributed by atoms with E-state index in [4.69, 9.17) is 0 Å². The third-order valence-electron chi connectivity index (χ3n) is 3.39. The van der Waals surface area contributed by atoms with Crippen molar-refractivity contribution in [3.8, 4) is 0 Å². The summed E-state index contributed by atoms with van der Waals surface area (Å²) in [5.74, 6) is 0. The van der Waals surface area contributed by atoms with Crippen LogP contribution in [0, 0.1) is 0 Å². The summed E-state index contributed by atoms with van der Waals surface area (Å²) in [6, 6.07) is 19.3. The van der Waals surface area contributed by atoms with Gasteiger partial charge in [-0.3, -0.25) is 3.11 Å². The van der Waals surface area contributed by atoms with Crippen molar-refractivity contribution < 1.29 is 0 Å². The Balaban J connectivity index is 1.94. The third-order valence-corrected chi connectivity index (χ3v) is 4.63. The number of aryl methyl sites for hydroxylation is 2. The number of rotatable bonds is 6. The summed E-state index contributed by atoms with van der Waals surface area (Å²) in [4.78, 5) is 0. The number of hydrogen-bond acceptors (Lipinski definition) is 1. The molecule has 2 rings (SSSR count). The van der Waals surface area contributed by atoms with Crippen molar-refractivity contribution in [1.29, 1.82) is 0 Å². The van der Waals surface area contributed by atoms with Gasteiger partial charge in [-0.1, -0.05) is 56.0 Å². The Hall–Kier alpha value is -1.29. The van der Waals surface area contributed by atoms with Crippen LogP contribution in [0.1, 0.15) is 24.5 Å². The first kappa shape index (κ1) is 15.1. The van der Waals surface area contributed by atoms with E-state index in [1.807, 2.05) is 0 Å². The standard InChI is InChI=1S/C18H20IN/c1-3-16-11-13-18(14-12-16)20(19)15(2)9-10-17-7-5-4-6-8-17/h4-8,11-14H,2-3,9-10H2,1H3. The second-order valence-corrected chi connectivity index (χ2v) is 5.82. The lowest BCUT2D eigenvalue weighted by Crippen LogP contribution is -2.08. The Morgan fingerprint density at radius 1 is 1.00 bits per heavy atom. The molecule has 0 saturated heterocycles. The van der Waals surface area contributed by atoms with Crippen LogP contribution in [0.2, 0.25) is 0 Å². The van der Waals surface area contributed by atoms with E-state index in [9.17, 15) is 0 Å². The lowest BCUT2D eigenvalue weighted by Gasteiger charge is -2.19. The molecule has 0 aliphatic rings. The zero-order chi connectivity index (χ0) is 14.4. The molecular formula is C18H20IN. The zero-order valence-corrected chi connectivity index (χ0v) is 14.0. The topological polar surface area (TPSA) is 3.24 Å². The Kier molecular flexibility index (Phi) is 5.65. The molecule has 0 saturated carbocycles. The summed E-state index contributed by atoms with van der Waals surface area (Å²) in [5.41, 5.74) is 5.06. The number of anilines is 1. The fourth-order valence-corrected chi connectivity index (χ4v) is 2.64. The van der Waals surface area contributed by atoms with Crippen molar-refractivity contribution in [3.63, 3.8) is 0 Å². The summed E-state index contributed by atoms with van der Waals surface area (Å²) in [5, 5.41) is 0. The maximum absolute atomic E-state index is 4.21. The minimum atomic E-state index is 0.975. The summed E-state index contributed by atoms with van der Waals surface area (Å²) in [6.07, 6.45) is 3.09. The Morgan fingerprint density at radius 2 is 1.65 bits per heavy atom. The fraction of sp³-hybridized carbons (Fsp3) is 0.222. The second kappa shape index (κ2) is 7.48. The molecule has 0 aromatic heterocycles. The van der Waals surface area contributed by atoms with Crippen LogP contribution in [0.5, 0.6) is 0 Å². The zero-order valence-electron chi connectivity index (χ0n) is 11.8. The number of hydrogen-bond donors (Lipinski definition) is 0. The minimum absolute atomic E-state index is 0.975. The predicted molar refractivity (Wildman–Crippen MR) is 96.2 cm³/mol. The molecule has 0 bridgehead atoms. The van der Waals surface area contributed by atoms with Crippen LogP contribution in [0.4, 0.5) is 5.69 Å². The molecule has 0 atom stereocenters. The molecule has 0 amide bonds. The van der Waals surface area contributed by atoms with Crippen molar-refractivity contribution in [2.45, 2.75) is 26.2 Å². The van der Waals surface area contributed by atoms with E-state index in [1.165, 1.54) is 16.8 Å². The molecule has 104 valence electrons. The predicted octanol–water partition coefficient (Wildman–Crippen LogP) is 5.55. The quantitative estimate of drug-likeness (QED) is 0.471. The minimum Gasteiger partial charge on any atom is -0.288 e. The molecule has 1 nitrogen and oxygen atoms in total. The molecule has 2 aromatic rings. The van der Waals surface area contributed by atoms with Crippen LogP contribution < -0.4 is 3.11 Å². The first-order chi connectivity index (χ1) is 9.70. The van der Waals surface area contributed by atoms with E-state index in [-0.39, 0.29) is 0 Å². The molecule has 0 unspecified atom stereocenters. The molecule has 2 aromatic carbocycles. The van der Waals surface area contributed by atoms with Crippen LogP contribution in [-0.2, 0) is 12.8 Å². The third kappa shape index (κ3) is 4.10. The molecule has 0 aliphatic carbocycles. The van der Waals surface area contributed by atoms with Gasteiger partial charge in [-0.05, 0) is 42.5 Å². The molecule has 2 heteroatoms. The molecule has 0 heterocycles. The highest BCUT2D eigenvalue weighted by Gasteiger charge is 2.07. The maximum Gasteiger partial charge on any atom is 0.0642 e. The second-order valence-electron chi connectivity index (χ2n) is 4.85. The first-order valence-corrected chi connectivity index (χ1v) is 7.93. The van der Waals surface area contributed by atoms with Gasteiger partial charge in [-0.2, -0.15) is 0 Å². The SMILES string of the molecule is C=C(CCc1ccccc1)N(I)c1ccc(CC)cc1. The Morgan fingerprint density at radius 3 is 2.25 bits per heavy atom. The lowest BCUT2D eigenvalue weighted by atomic mass is 10.1. The highest BCUT2D eigenvalue weighted by Crippen LogP contribution is 2.25. The Bertz CT molecular complexity index is 545. The molecular weight excluding hydrogens is 357 g/mol. The molecule has 0 fully saturated rings. The van der Waals surface area contributed by atoms with Gasteiger partial charge < -0.3 is 0 Å². The highest BCUT2D eigenvalue weighted by molar-refractivity contribution is 14.1.